The number of amides is 3. The van der Waals surface area contributed by atoms with E-state index in [0.717, 1.165) is 0 Å². The first-order valence-electron chi connectivity index (χ1n) is 12.2. The maximum absolute atomic E-state index is 12.9. The summed E-state index contributed by atoms with van der Waals surface area (Å²) in [7, 11) is 0. The van der Waals surface area contributed by atoms with Gasteiger partial charge in [-0.25, -0.2) is 4.79 Å². The number of unbranched alkanes of at least 4 members (excludes halogenated alkanes) is 1. The van der Waals surface area contributed by atoms with Crippen LogP contribution in [0.4, 0.5) is 0 Å². The molecule has 0 fully saturated rings. The number of phenolic OH excluding ortho intramolecular Hbond substituents is 2. The number of hydrogen-bond acceptors (Lipinski definition) is 8. The predicted molar refractivity (Wildman–Crippen MR) is 139 cm³/mol. The largest absolute Gasteiger partial charge is 0.508 e. The van der Waals surface area contributed by atoms with Crippen molar-refractivity contribution in [2.45, 2.75) is 50.2 Å². The molecular formula is C26H35N5O7. The molecule has 0 aliphatic rings. The number of carboxylic acids is 1. The molecule has 0 radical (unpaired) electrons. The molecule has 38 heavy (non-hydrogen) atoms. The average molecular weight is 530 g/mol. The van der Waals surface area contributed by atoms with Gasteiger partial charge >= 0.3 is 5.97 Å². The monoisotopic (exact) mass is 529 g/mol. The van der Waals surface area contributed by atoms with E-state index >= 15 is 0 Å². The Kier molecular flexibility index (Phi) is 12.0. The number of benzene rings is 2. The van der Waals surface area contributed by atoms with Gasteiger partial charge in [0.25, 0.3) is 0 Å². The molecule has 2 aromatic carbocycles. The SMILES string of the molecule is NCCCCC(N)C(=O)NC(Cc1ccc(O)cc1)C(=O)NCC(=O)NC(Cc1ccc(O)cc1)C(=O)O. The molecule has 0 heterocycles. The third-order valence-corrected chi connectivity index (χ3v) is 5.75. The lowest BCUT2D eigenvalue weighted by atomic mass is 10.0. The quantitative estimate of drug-likeness (QED) is 0.139. The van der Waals surface area contributed by atoms with Crippen LogP contribution in [0.15, 0.2) is 48.5 Å². The Balaban J connectivity index is 2.01. The van der Waals surface area contributed by atoms with Crippen LogP contribution in [0.25, 0.3) is 0 Å². The normalized spacial score (nSPS) is 13.1. The fourth-order valence-electron chi connectivity index (χ4n) is 3.60. The number of hydrogen-bond donors (Lipinski definition) is 8. The fraction of sp³-hybridized carbons (Fsp3) is 0.385. The minimum absolute atomic E-state index is 0.0258. The lowest BCUT2D eigenvalue weighted by Crippen LogP contribution is -2.54. The molecule has 0 saturated carbocycles. The van der Waals surface area contributed by atoms with Gasteiger partial charge in [-0.15, -0.1) is 0 Å². The molecule has 0 bridgehead atoms. The second-order valence-electron chi connectivity index (χ2n) is 8.87. The van der Waals surface area contributed by atoms with Crippen LogP contribution in [-0.4, -0.2) is 70.2 Å². The third-order valence-electron chi connectivity index (χ3n) is 5.75. The van der Waals surface area contributed by atoms with E-state index in [1.165, 1.54) is 36.4 Å². The van der Waals surface area contributed by atoms with Gasteiger partial charge in [0.15, 0.2) is 0 Å². The van der Waals surface area contributed by atoms with Gasteiger partial charge in [-0.2, -0.15) is 0 Å². The van der Waals surface area contributed by atoms with Crippen molar-refractivity contribution < 1.29 is 34.5 Å². The Morgan fingerprint density at radius 2 is 1.29 bits per heavy atom. The summed E-state index contributed by atoms with van der Waals surface area (Å²) in [5.74, 6) is -3.14. The molecule has 12 heteroatoms. The van der Waals surface area contributed by atoms with E-state index in [0.29, 0.717) is 36.9 Å². The molecule has 0 aliphatic heterocycles. The molecule has 0 aromatic heterocycles. The predicted octanol–water partition coefficient (Wildman–Crippen LogP) is -0.490. The molecule has 2 aromatic rings. The molecular weight excluding hydrogens is 494 g/mol. The first-order valence-corrected chi connectivity index (χ1v) is 12.2. The zero-order chi connectivity index (χ0) is 28.1. The van der Waals surface area contributed by atoms with E-state index in [-0.39, 0.29) is 24.3 Å². The van der Waals surface area contributed by atoms with E-state index in [1.54, 1.807) is 12.1 Å². The second kappa shape index (κ2) is 15.2. The van der Waals surface area contributed by atoms with Crippen molar-refractivity contribution in [3.8, 4) is 11.5 Å². The number of nitrogens with two attached hydrogens (primary N) is 2. The summed E-state index contributed by atoms with van der Waals surface area (Å²) in [6.07, 6.45) is 1.77. The van der Waals surface area contributed by atoms with Crippen LogP contribution in [0.1, 0.15) is 30.4 Å². The Labute approximate surface area is 220 Å². The summed E-state index contributed by atoms with van der Waals surface area (Å²) < 4.78 is 0. The second-order valence-corrected chi connectivity index (χ2v) is 8.87. The van der Waals surface area contributed by atoms with Gasteiger partial charge in [-0.05, 0) is 54.8 Å². The van der Waals surface area contributed by atoms with Gasteiger partial charge in [0.05, 0.1) is 12.6 Å². The van der Waals surface area contributed by atoms with E-state index < -0.39 is 48.4 Å². The van der Waals surface area contributed by atoms with Crippen molar-refractivity contribution in [1.82, 2.24) is 16.0 Å². The van der Waals surface area contributed by atoms with Gasteiger partial charge in [0.1, 0.15) is 23.6 Å². The van der Waals surface area contributed by atoms with Gasteiger partial charge in [-0.1, -0.05) is 30.7 Å². The number of carboxylic acid groups (broad SMARTS) is 1. The average Bonchev–Trinajstić information content (AvgIpc) is 2.88. The summed E-state index contributed by atoms with van der Waals surface area (Å²) in [5, 5.41) is 35.8. The van der Waals surface area contributed by atoms with Crippen molar-refractivity contribution in [2.24, 2.45) is 11.5 Å². The maximum Gasteiger partial charge on any atom is 0.326 e. The number of nitrogens with one attached hydrogen (secondary N) is 3. The maximum atomic E-state index is 12.9. The van der Waals surface area contributed by atoms with Crippen molar-refractivity contribution >= 4 is 23.7 Å². The van der Waals surface area contributed by atoms with Crippen LogP contribution in [0.3, 0.4) is 0 Å². The minimum atomic E-state index is -1.26. The van der Waals surface area contributed by atoms with Crippen molar-refractivity contribution in [3.63, 3.8) is 0 Å². The van der Waals surface area contributed by atoms with Gasteiger partial charge in [0.2, 0.25) is 17.7 Å². The third kappa shape index (κ3) is 10.4. The van der Waals surface area contributed by atoms with Gasteiger partial charge in [-0.3, -0.25) is 14.4 Å². The van der Waals surface area contributed by atoms with Gasteiger partial charge < -0.3 is 42.7 Å². The van der Waals surface area contributed by atoms with Crippen LogP contribution < -0.4 is 27.4 Å². The van der Waals surface area contributed by atoms with Crippen LogP contribution in [0.2, 0.25) is 0 Å². The number of carbonyl (C=O) groups is 4. The first kappa shape index (κ1) is 30.1. The Bertz CT molecular complexity index is 1080. The zero-order valence-corrected chi connectivity index (χ0v) is 20.9. The Hall–Kier alpha value is -4.16. The number of aliphatic carboxylic acids is 1. The van der Waals surface area contributed by atoms with Crippen LogP contribution in [0.5, 0.6) is 11.5 Å². The molecule has 206 valence electrons. The number of carbonyl (C=O) groups excluding carboxylic acids is 3. The lowest BCUT2D eigenvalue weighted by Gasteiger charge is -2.21. The van der Waals surface area contributed by atoms with Crippen LogP contribution >= 0.6 is 0 Å². The molecule has 3 unspecified atom stereocenters. The van der Waals surface area contributed by atoms with Crippen molar-refractivity contribution in [1.29, 1.82) is 0 Å². The summed E-state index contributed by atoms with van der Waals surface area (Å²) in [6.45, 7) is -0.0529. The van der Waals surface area contributed by atoms with E-state index in [2.05, 4.69) is 16.0 Å². The highest BCUT2D eigenvalue weighted by Gasteiger charge is 2.26. The van der Waals surface area contributed by atoms with Crippen LogP contribution in [-0.2, 0) is 32.0 Å². The summed E-state index contributed by atoms with van der Waals surface area (Å²) in [5.41, 5.74) is 12.6. The summed E-state index contributed by atoms with van der Waals surface area (Å²) in [6, 6.07) is 8.77. The molecule has 0 aliphatic carbocycles. The molecule has 10 N–H and O–H groups in total. The summed E-state index contributed by atoms with van der Waals surface area (Å²) >= 11 is 0. The number of aromatic hydroxyl groups is 2. The van der Waals surface area contributed by atoms with E-state index in [9.17, 15) is 34.5 Å². The molecule has 3 atom stereocenters. The molecule has 12 nitrogen and oxygen atoms in total. The van der Waals surface area contributed by atoms with Crippen molar-refractivity contribution in [2.75, 3.05) is 13.1 Å². The number of rotatable bonds is 15. The molecule has 3 amide bonds. The fourth-order valence-corrected chi connectivity index (χ4v) is 3.60. The standard InChI is InChI=1S/C26H35N5O7/c27-12-2-1-3-20(28)24(35)31-21(13-16-4-8-18(32)9-5-16)25(36)29-15-23(34)30-22(26(37)38)14-17-6-10-19(33)11-7-17/h4-11,20-22,32-33H,1-3,12-15,27-28H2,(H,29,36)(H,30,34)(H,31,35)(H,37,38). The van der Waals surface area contributed by atoms with Crippen molar-refractivity contribution in [3.05, 3.63) is 59.7 Å². The van der Waals surface area contributed by atoms with E-state index in [1.807, 2.05) is 0 Å². The molecule has 0 spiro atoms. The number of phenols is 2. The highest BCUT2D eigenvalue weighted by atomic mass is 16.4. The highest BCUT2D eigenvalue weighted by Crippen LogP contribution is 2.13. The smallest absolute Gasteiger partial charge is 0.326 e. The molecule has 0 saturated heterocycles. The van der Waals surface area contributed by atoms with Crippen LogP contribution in [0, 0.1) is 0 Å². The zero-order valence-electron chi connectivity index (χ0n) is 20.9. The Morgan fingerprint density at radius 1 is 0.763 bits per heavy atom. The highest BCUT2D eigenvalue weighted by molar-refractivity contribution is 5.92. The first-order chi connectivity index (χ1) is 18.1. The topological polar surface area (TPSA) is 217 Å². The van der Waals surface area contributed by atoms with Gasteiger partial charge in [0, 0.05) is 12.8 Å². The lowest BCUT2D eigenvalue weighted by molar-refractivity contribution is -0.141. The molecule has 2 rings (SSSR count). The summed E-state index contributed by atoms with van der Waals surface area (Å²) in [4.78, 5) is 49.6. The minimum Gasteiger partial charge on any atom is -0.508 e. The Morgan fingerprint density at radius 3 is 1.79 bits per heavy atom. The van der Waals surface area contributed by atoms with E-state index in [4.69, 9.17) is 11.5 Å².